The van der Waals surface area contributed by atoms with E-state index in [9.17, 15) is 30.0 Å². The van der Waals surface area contributed by atoms with Crippen LogP contribution in [-0.2, 0) is 14.3 Å². The first-order valence-corrected chi connectivity index (χ1v) is 9.46. The number of aliphatic hydroxyl groups excluding tert-OH is 4. The monoisotopic (exact) mass is 406 g/mol. The number of unbranched alkanes of at least 4 members (excludes halogenated alkanes) is 1. The van der Waals surface area contributed by atoms with Gasteiger partial charge in [-0.25, -0.2) is 9.59 Å². The number of nitrogens with one attached hydrogen (secondary N) is 1. The van der Waals surface area contributed by atoms with Crippen molar-refractivity contribution in [3.05, 3.63) is 0 Å². The summed E-state index contributed by atoms with van der Waals surface area (Å²) in [7, 11) is 1.24. The fourth-order valence-electron chi connectivity index (χ4n) is 3.14. The lowest BCUT2D eigenvalue weighted by molar-refractivity contribution is -0.145. The van der Waals surface area contributed by atoms with E-state index in [1.165, 1.54) is 7.11 Å². The van der Waals surface area contributed by atoms with Gasteiger partial charge in [0.2, 0.25) is 0 Å². The van der Waals surface area contributed by atoms with E-state index >= 15 is 0 Å². The molecule has 28 heavy (non-hydrogen) atoms. The number of aliphatic hydroxyl groups is 4. The van der Waals surface area contributed by atoms with Crippen molar-refractivity contribution in [1.29, 1.82) is 0 Å². The van der Waals surface area contributed by atoms with Crippen LogP contribution < -0.4 is 5.32 Å². The summed E-state index contributed by atoms with van der Waals surface area (Å²) in [6, 6.07) is -1.53. The summed E-state index contributed by atoms with van der Waals surface area (Å²) in [5.41, 5.74) is -0.690. The zero-order valence-corrected chi connectivity index (χ0v) is 17.0. The first-order chi connectivity index (χ1) is 13.0. The molecule has 1 saturated heterocycles. The molecule has 10 heteroatoms. The normalized spacial score (nSPS) is 27.1. The van der Waals surface area contributed by atoms with Crippen molar-refractivity contribution in [1.82, 2.24) is 10.2 Å². The molecule has 0 aliphatic carbocycles. The fourth-order valence-corrected chi connectivity index (χ4v) is 3.14. The van der Waals surface area contributed by atoms with Gasteiger partial charge in [0, 0.05) is 6.54 Å². The SMILES string of the molecule is COC(=O)[C@H](CCCCN1CC(O)[C@@H](O)C(O)[C@H]1CO)NC(=O)OC(C)(C)C. The van der Waals surface area contributed by atoms with Gasteiger partial charge < -0.3 is 35.2 Å². The molecule has 0 radical (unpaired) electrons. The molecule has 10 nitrogen and oxygen atoms in total. The lowest BCUT2D eigenvalue weighted by atomic mass is 9.94. The summed E-state index contributed by atoms with van der Waals surface area (Å²) < 4.78 is 9.87. The van der Waals surface area contributed by atoms with E-state index in [-0.39, 0.29) is 13.2 Å². The predicted molar refractivity (Wildman–Crippen MR) is 99.5 cm³/mol. The van der Waals surface area contributed by atoms with E-state index < -0.39 is 48.1 Å². The van der Waals surface area contributed by atoms with Crippen molar-refractivity contribution in [2.75, 3.05) is 26.8 Å². The second-order valence-electron chi connectivity index (χ2n) is 8.01. The summed E-state index contributed by atoms with van der Waals surface area (Å²) in [6.07, 6.45) is -2.92. The average molecular weight is 406 g/mol. The number of methoxy groups -OCH3 is 1. The van der Waals surface area contributed by atoms with Crippen molar-refractivity contribution in [2.45, 2.75) is 76.0 Å². The van der Waals surface area contributed by atoms with Crippen molar-refractivity contribution >= 4 is 12.1 Å². The molecule has 0 spiro atoms. The summed E-state index contributed by atoms with van der Waals surface area (Å²) in [5.74, 6) is -0.578. The molecular weight excluding hydrogens is 372 g/mol. The summed E-state index contributed by atoms with van der Waals surface area (Å²) in [5, 5.41) is 41.5. The van der Waals surface area contributed by atoms with E-state index in [2.05, 4.69) is 5.32 Å². The highest BCUT2D eigenvalue weighted by molar-refractivity contribution is 5.81. The number of piperidine rings is 1. The molecule has 1 amide bonds. The van der Waals surface area contributed by atoms with Crippen LogP contribution >= 0.6 is 0 Å². The maximum Gasteiger partial charge on any atom is 0.408 e. The van der Waals surface area contributed by atoms with Gasteiger partial charge in [-0.3, -0.25) is 4.90 Å². The third kappa shape index (κ3) is 7.51. The third-order valence-electron chi connectivity index (χ3n) is 4.58. The predicted octanol–water partition coefficient (Wildman–Crippen LogP) is -1.02. The minimum Gasteiger partial charge on any atom is -0.467 e. The number of hydrogen-bond acceptors (Lipinski definition) is 9. The molecule has 164 valence electrons. The van der Waals surface area contributed by atoms with Crippen molar-refractivity contribution in [2.24, 2.45) is 0 Å². The Kier molecular flexibility index (Phi) is 9.58. The number of hydrogen-bond donors (Lipinski definition) is 5. The third-order valence-corrected chi connectivity index (χ3v) is 4.58. The largest absolute Gasteiger partial charge is 0.467 e. The Hall–Kier alpha value is -1.46. The summed E-state index contributed by atoms with van der Waals surface area (Å²) in [6.45, 7) is 5.36. The van der Waals surface area contributed by atoms with E-state index in [0.29, 0.717) is 25.8 Å². The molecule has 1 heterocycles. The van der Waals surface area contributed by atoms with Crippen LogP contribution in [0, 0.1) is 0 Å². The first kappa shape index (κ1) is 24.6. The lowest BCUT2D eigenvalue weighted by Gasteiger charge is -2.43. The van der Waals surface area contributed by atoms with Crippen LogP contribution in [0.3, 0.4) is 0 Å². The minimum atomic E-state index is -1.30. The van der Waals surface area contributed by atoms with E-state index in [1.807, 2.05) is 0 Å². The highest BCUT2D eigenvalue weighted by atomic mass is 16.6. The molecule has 0 bridgehead atoms. The fraction of sp³-hybridized carbons (Fsp3) is 0.889. The number of esters is 1. The molecule has 0 aromatic carbocycles. The van der Waals surface area contributed by atoms with Gasteiger partial charge in [-0.1, -0.05) is 0 Å². The van der Waals surface area contributed by atoms with Crippen molar-refractivity contribution < 1.29 is 39.5 Å². The molecule has 5 atom stereocenters. The maximum atomic E-state index is 11.9. The van der Waals surface area contributed by atoms with Gasteiger partial charge in [-0.2, -0.15) is 0 Å². The van der Waals surface area contributed by atoms with E-state index in [0.717, 1.165) is 0 Å². The highest BCUT2D eigenvalue weighted by Gasteiger charge is 2.40. The molecule has 5 N–H and O–H groups in total. The van der Waals surface area contributed by atoms with Gasteiger partial charge in [-0.05, 0) is 46.6 Å². The number of rotatable bonds is 8. The molecule has 1 rings (SSSR count). The molecule has 1 fully saturated rings. The second kappa shape index (κ2) is 10.9. The van der Waals surface area contributed by atoms with Crippen molar-refractivity contribution in [3.8, 4) is 0 Å². The number of carbonyl (C=O) groups excluding carboxylic acids is 2. The van der Waals surface area contributed by atoms with Crippen LogP contribution in [0.4, 0.5) is 4.79 Å². The van der Waals surface area contributed by atoms with Gasteiger partial charge in [0.1, 0.15) is 23.9 Å². The van der Waals surface area contributed by atoms with Crippen LogP contribution in [0.15, 0.2) is 0 Å². The Labute approximate surface area is 165 Å². The number of likely N-dealkylation sites (tertiary alicyclic amines) is 1. The van der Waals surface area contributed by atoms with Gasteiger partial charge in [0.05, 0.1) is 25.9 Å². The molecular formula is C18H34N2O8. The van der Waals surface area contributed by atoms with Gasteiger partial charge in [0.25, 0.3) is 0 Å². The van der Waals surface area contributed by atoms with E-state index in [4.69, 9.17) is 9.47 Å². The van der Waals surface area contributed by atoms with Crippen LogP contribution in [0.25, 0.3) is 0 Å². The Morgan fingerprint density at radius 2 is 1.82 bits per heavy atom. The Bertz CT molecular complexity index is 510. The number of ether oxygens (including phenoxy) is 2. The number of amides is 1. The van der Waals surface area contributed by atoms with Gasteiger partial charge in [-0.15, -0.1) is 0 Å². The molecule has 1 aliphatic heterocycles. The molecule has 0 aromatic heterocycles. The standard InChI is InChI=1S/C18H34N2O8/c1-18(2,3)28-17(26)19-11(16(25)27-4)7-5-6-8-20-9-13(22)15(24)14(23)12(20)10-21/h11-15,21-24H,5-10H2,1-4H3,(H,19,26)/t11-,12+,13?,14?,15+/m0/s1. The molecule has 2 unspecified atom stereocenters. The second-order valence-corrected chi connectivity index (χ2v) is 8.01. The quantitative estimate of drug-likeness (QED) is 0.252. The lowest BCUT2D eigenvalue weighted by Crippen LogP contribution is -2.62. The average Bonchev–Trinajstić information content (AvgIpc) is 2.60. The Morgan fingerprint density at radius 3 is 2.36 bits per heavy atom. The minimum absolute atomic E-state index is 0.125. The maximum absolute atomic E-state index is 11.9. The summed E-state index contributed by atoms with van der Waals surface area (Å²) in [4.78, 5) is 25.5. The molecule has 1 aliphatic rings. The Balaban J connectivity index is 2.53. The number of nitrogens with zero attached hydrogens (tertiary/aromatic N) is 1. The number of carbonyl (C=O) groups is 2. The van der Waals surface area contributed by atoms with Crippen LogP contribution in [0.1, 0.15) is 40.0 Å². The van der Waals surface area contributed by atoms with Gasteiger partial charge >= 0.3 is 12.1 Å². The van der Waals surface area contributed by atoms with E-state index in [1.54, 1.807) is 25.7 Å². The topological polar surface area (TPSA) is 149 Å². The summed E-state index contributed by atoms with van der Waals surface area (Å²) >= 11 is 0. The zero-order valence-electron chi connectivity index (χ0n) is 17.0. The molecule has 0 saturated carbocycles. The van der Waals surface area contributed by atoms with Crippen LogP contribution in [0.5, 0.6) is 0 Å². The van der Waals surface area contributed by atoms with Crippen molar-refractivity contribution in [3.63, 3.8) is 0 Å². The molecule has 0 aromatic rings. The first-order valence-electron chi connectivity index (χ1n) is 9.46. The number of alkyl carbamates (subject to hydrolysis) is 1. The number of β-amino-alcohol motifs (C(OH)–C–C–N with tert-alkyl or cyclic N) is 1. The smallest absolute Gasteiger partial charge is 0.408 e. The van der Waals surface area contributed by atoms with Crippen LogP contribution in [0.2, 0.25) is 0 Å². The highest BCUT2D eigenvalue weighted by Crippen LogP contribution is 2.20. The Morgan fingerprint density at radius 1 is 1.18 bits per heavy atom. The van der Waals surface area contributed by atoms with Crippen LogP contribution in [-0.4, -0.2) is 100 Å². The van der Waals surface area contributed by atoms with Gasteiger partial charge in [0.15, 0.2) is 0 Å². The zero-order chi connectivity index (χ0) is 21.5.